The zero-order valence-corrected chi connectivity index (χ0v) is 13.8. The highest BCUT2D eigenvalue weighted by Gasteiger charge is 2.48. The SMILES string of the molecule is COc1ccccc1C1=C(C)C(=O)NC(=O)[N+]1(S)COCCO. The number of hydrogen-bond acceptors (Lipinski definition) is 6. The molecule has 1 aromatic carbocycles. The Labute approximate surface area is 139 Å². The van der Waals surface area contributed by atoms with E-state index in [9.17, 15) is 9.59 Å². The van der Waals surface area contributed by atoms with E-state index in [0.29, 0.717) is 22.6 Å². The van der Waals surface area contributed by atoms with Crippen molar-refractivity contribution in [1.82, 2.24) is 5.32 Å². The number of hydrogen-bond donors (Lipinski definition) is 3. The number of quaternary nitrogens is 1. The minimum absolute atomic E-state index is 0.0556. The molecule has 7 nitrogen and oxygen atoms in total. The smallest absolute Gasteiger partial charge is 0.442 e. The van der Waals surface area contributed by atoms with E-state index in [2.05, 4.69) is 18.1 Å². The van der Waals surface area contributed by atoms with Crippen LogP contribution in [0.25, 0.3) is 5.70 Å². The largest absolute Gasteiger partial charge is 0.496 e. The third-order valence-corrected chi connectivity index (χ3v) is 4.00. The van der Waals surface area contributed by atoms with E-state index < -0.39 is 15.8 Å². The Morgan fingerprint density at radius 3 is 2.65 bits per heavy atom. The van der Waals surface area contributed by atoms with E-state index in [0.717, 1.165) is 0 Å². The summed E-state index contributed by atoms with van der Waals surface area (Å²) in [6.07, 6.45) is 0. The number of ether oxygens (including phenoxy) is 2. The summed E-state index contributed by atoms with van der Waals surface area (Å²) in [6, 6.07) is 6.43. The maximum absolute atomic E-state index is 12.4. The van der Waals surface area contributed by atoms with Gasteiger partial charge < -0.3 is 14.6 Å². The van der Waals surface area contributed by atoms with Crippen LogP contribution in [0.4, 0.5) is 4.79 Å². The summed E-state index contributed by atoms with van der Waals surface area (Å²) < 4.78 is 10.1. The van der Waals surface area contributed by atoms with Gasteiger partial charge in [-0.05, 0) is 19.1 Å². The maximum atomic E-state index is 12.4. The van der Waals surface area contributed by atoms with Gasteiger partial charge in [-0.2, -0.15) is 0 Å². The number of benzene rings is 1. The number of aliphatic hydroxyl groups excluding tert-OH is 1. The molecule has 1 heterocycles. The molecule has 0 bridgehead atoms. The molecule has 0 saturated heterocycles. The van der Waals surface area contributed by atoms with Gasteiger partial charge in [0.05, 0.1) is 44.3 Å². The van der Waals surface area contributed by atoms with Gasteiger partial charge in [0, 0.05) is 0 Å². The van der Waals surface area contributed by atoms with Crippen LogP contribution in [0.3, 0.4) is 0 Å². The molecule has 2 rings (SSSR count). The summed E-state index contributed by atoms with van der Waals surface area (Å²) in [5.74, 6) is 0.0314. The summed E-state index contributed by atoms with van der Waals surface area (Å²) >= 11 is 4.46. The van der Waals surface area contributed by atoms with Gasteiger partial charge in [0.1, 0.15) is 5.75 Å². The van der Waals surface area contributed by atoms with Crippen molar-refractivity contribution in [3.8, 4) is 5.75 Å². The summed E-state index contributed by atoms with van der Waals surface area (Å²) in [5.41, 5.74) is 1.31. The molecular formula is C15H19N2O5S+. The van der Waals surface area contributed by atoms with E-state index in [-0.39, 0.29) is 19.9 Å². The first-order valence-corrected chi connectivity index (χ1v) is 7.35. The Balaban J connectivity index is 2.58. The van der Waals surface area contributed by atoms with Gasteiger partial charge in [-0.1, -0.05) is 12.1 Å². The van der Waals surface area contributed by atoms with E-state index in [4.69, 9.17) is 14.6 Å². The normalized spacial score (nSPS) is 21.4. The number of methoxy groups -OCH3 is 1. The average molecular weight is 339 g/mol. The number of carbonyl (C=O) groups excluding carboxylic acids is 2. The Bertz CT molecular complexity index is 661. The lowest BCUT2D eigenvalue weighted by molar-refractivity contribution is -0.658. The highest BCUT2D eigenvalue weighted by molar-refractivity contribution is 7.74. The second kappa shape index (κ2) is 7.14. The van der Waals surface area contributed by atoms with Gasteiger partial charge in [-0.15, -0.1) is 3.89 Å². The number of aliphatic hydroxyl groups is 1. The molecule has 0 aliphatic carbocycles. The maximum Gasteiger partial charge on any atom is 0.442 e. The van der Waals surface area contributed by atoms with Gasteiger partial charge in [0.2, 0.25) is 6.73 Å². The molecule has 23 heavy (non-hydrogen) atoms. The van der Waals surface area contributed by atoms with E-state index >= 15 is 0 Å². The Morgan fingerprint density at radius 2 is 2.00 bits per heavy atom. The predicted octanol–water partition coefficient (Wildman–Crippen LogP) is 1.30. The fraction of sp³-hybridized carbons (Fsp3) is 0.333. The average Bonchev–Trinajstić information content (AvgIpc) is 2.54. The molecule has 124 valence electrons. The molecule has 2 N–H and O–H groups in total. The minimum Gasteiger partial charge on any atom is -0.496 e. The molecule has 0 radical (unpaired) electrons. The molecular weight excluding hydrogens is 320 g/mol. The monoisotopic (exact) mass is 339 g/mol. The lowest BCUT2D eigenvalue weighted by atomic mass is 10.0. The van der Waals surface area contributed by atoms with Gasteiger partial charge in [-0.3, -0.25) is 4.79 Å². The quantitative estimate of drug-likeness (QED) is 0.413. The summed E-state index contributed by atoms with van der Waals surface area (Å²) in [4.78, 5) is 24.4. The molecule has 3 amide bonds. The number of imide groups is 1. The van der Waals surface area contributed by atoms with Crippen LogP contribution in [-0.2, 0) is 9.53 Å². The predicted molar refractivity (Wildman–Crippen MR) is 86.3 cm³/mol. The molecule has 0 spiro atoms. The number of nitrogens with zero attached hydrogens (tertiary/aromatic N) is 1. The van der Waals surface area contributed by atoms with Crippen LogP contribution in [-0.4, -0.2) is 48.0 Å². The zero-order chi connectivity index (χ0) is 17.0. The summed E-state index contributed by atoms with van der Waals surface area (Å²) in [7, 11) is 1.51. The van der Waals surface area contributed by atoms with E-state index in [1.54, 1.807) is 31.2 Å². The lowest BCUT2D eigenvalue weighted by Gasteiger charge is -2.34. The van der Waals surface area contributed by atoms with Crippen molar-refractivity contribution in [2.45, 2.75) is 6.92 Å². The van der Waals surface area contributed by atoms with Crippen molar-refractivity contribution in [2.75, 3.05) is 27.1 Å². The molecule has 1 atom stereocenters. The second-order valence-corrected chi connectivity index (χ2v) is 5.65. The van der Waals surface area contributed by atoms with Gasteiger partial charge in [0.25, 0.3) is 5.91 Å². The lowest BCUT2D eigenvalue weighted by Crippen LogP contribution is -2.56. The topological polar surface area (TPSA) is 84.9 Å². The molecule has 1 aliphatic heterocycles. The van der Waals surface area contributed by atoms with Crippen LogP contribution in [0.15, 0.2) is 29.8 Å². The third-order valence-electron chi connectivity index (χ3n) is 3.50. The second-order valence-electron chi connectivity index (χ2n) is 4.96. The van der Waals surface area contributed by atoms with Crippen LogP contribution in [0.2, 0.25) is 0 Å². The van der Waals surface area contributed by atoms with Crippen molar-refractivity contribution in [1.29, 1.82) is 0 Å². The van der Waals surface area contributed by atoms with Crippen molar-refractivity contribution in [3.05, 3.63) is 35.4 Å². The van der Waals surface area contributed by atoms with Crippen LogP contribution >= 0.6 is 12.8 Å². The van der Waals surface area contributed by atoms with Crippen LogP contribution < -0.4 is 10.1 Å². The van der Waals surface area contributed by atoms with Gasteiger partial charge in [-0.25, -0.2) is 10.1 Å². The van der Waals surface area contributed by atoms with Crippen LogP contribution in [0.1, 0.15) is 12.5 Å². The number of urea groups is 1. The number of thiol groups is 1. The fourth-order valence-electron chi connectivity index (χ4n) is 2.40. The van der Waals surface area contributed by atoms with Crippen molar-refractivity contribution < 1.29 is 28.1 Å². The van der Waals surface area contributed by atoms with Crippen LogP contribution in [0, 0.1) is 0 Å². The first-order valence-electron chi connectivity index (χ1n) is 6.95. The Hall–Kier alpha value is -1.87. The molecule has 1 aliphatic rings. The van der Waals surface area contributed by atoms with Crippen LogP contribution in [0.5, 0.6) is 5.75 Å². The van der Waals surface area contributed by atoms with Gasteiger partial charge >= 0.3 is 6.03 Å². The Kier molecular flexibility index (Phi) is 5.42. The fourth-order valence-corrected chi connectivity index (χ4v) is 2.79. The highest BCUT2D eigenvalue weighted by Crippen LogP contribution is 2.40. The molecule has 1 aromatic rings. The number of carbonyl (C=O) groups is 2. The number of amides is 3. The number of nitrogens with one attached hydrogen (secondary N) is 1. The molecule has 8 heteroatoms. The molecule has 0 fully saturated rings. The molecule has 1 unspecified atom stereocenters. The number of para-hydroxylation sites is 1. The minimum atomic E-state index is -0.622. The summed E-state index contributed by atoms with van der Waals surface area (Å²) in [5, 5.41) is 11.1. The zero-order valence-electron chi connectivity index (χ0n) is 12.9. The van der Waals surface area contributed by atoms with Crippen molar-refractivity contribution in [3.63, 3.8) is 0 Å². The molecule has 0 saturated carbocycles. The summed E-state index contributed by atoms with van der Waals surface area (Å²) in [6.45, 7) is 1.34. The van der Waals surface area contributed by atoms with Crippen molar-refractivity contribution >= 4 is 30.5 Å². The van der Waals surface area contributed by atoms with E-state index in [1.807, 2.05) is 0 Å². The number of rotatable bonds is 6. The third kappa shape index (κ3) is 3.25. The molecule has 0 aromatic heterocycles. The van der Waals surface area contributed by atoms with Crippen molar-refractivity contribution in [2.24, 2.45) is 0 Å². The standard InChI is InChI=1S/C15H18N2O5S/c1-10-13(11-5-3-4-6-12(11)21-2)17(23,9-22-8-7-18)15(20)16-14(10)19/h3-6,18,23H,7-9H2,1-2H3/p+1. The first kappa shape index (κ1) is 17.5. The Morgan fingerprint density at radius 1 is 1.30 bits per heavy atom. The first-order chi connectivity index (χ1) is 11.0. The highest BCUT2D eigenvalue weighted by atomic mass is 32.1. The van der Waals surface area contributed by atoms with E-state index in [1.165, 1.54) is 7.11 Å². The van der Waals surface area contributed by atoms with Gasteiger partial charge in [0.15, 0.2) is 5.70 Å².